The number of rotatable bonds is 1. The molecular formula is C24H22Cl2FN7O. The van der Waals surface area contributed by atoms with Crippen molar-refractivity contribution in [1.82, 2.24) is 30.4 Å². The van der Waals surface area contributed by atoms with E-state index in [1.807, 2.05) is 11.0 Å². The molecule has 0 aliphatic carbocycles. The summed E-state index contributed by atoms with van der Waals surface area (Å²) in [4.78, 5) is 23.7. The summed E-state index contributed by atoms with van der Waals surface area (Å²) in [6, 6.07) is 10.3. The molecular weight excluding hydrogens is 492 g/mol. The second kappa shape index (κ2) is 9.77. The van der Waals surface area contributed by atoms with Gasteiger partial charge in [0.05, 0.1) is 32.6 Å². The molecule has 4 bridgehead atoms. The first-order chi connectivity index (χ1) is 16.9. The maximum atomic E-state index is 15.3. The highest BCUT2D eigenvalue weighted by atomic mass is 35.5. The summed E-state index contributed by atoms with van der Waals surface area (Å²) in [6.45, 7) is 2.17. The molecule has 2 N–H and O–H groups in total. The van der Waals surface area contributed by atoms with Gasteiger partial charge in [0.2, 0.25) is 0 Å². The summed E-state index contributed by atoms with van der Waals surface area (Å²) >= 11 is 12.2. The Balaban J connectivity index is 1.69. The summed E-state index contributed by atoms with van der Waals surface area (Å²) in [5.41, 5.74) is 3.72. The van der Waals surface area contributed by atoms with E-state index in [1.165, 1.54) is 4.68 Å². The SMILES string of the molecule is Cn1nc2cc1C(=O)NCCCNCCN(c1ccc(Cl)c(Cl)c1F)c1ccnc3ccc-2nc13. The molecule has 0 unspecified atom stereocenters. The number of aryl methyl sites for hydroxylation is 1. The molecule has 5 rings (SSSR count). The second-order valence-corrected chi connectivity index (χ2v) is 8.92. The maximum absolute atomic E-state index is 15.3. The van der Waals surface area contributed by atoms with E-state index >= 15 is 4.39 Å². The average Bonchev–Trinajstić information content (AvgIpc) is 3.25. The molecule has 11 heteroatoms. The molecule has 8 nitrogen and oxygen atoms in total. The lowest BCUT2D eigenvalue weighted by molar-refractivity contribution is 0.0944. The Bertz CT molecular complexity index is 1420. The third-order valence-electron chi connectivity index (χ3n) is 5.86. The molecule has 0 saturated carbocycles. The maximum Gasteiger partial charge on any atom is 0.269 e. The highest BCUT2D eigenvalue weighted by molar-refractivity contribution is 6.42. The van der Waals surface area contributed by atoms with Crippen LogP contribution in [0.1, 0.15) is 16.9 Å². The minimum atomic E-state index is -0.605. The second-order valence-electron chi connectivity index (χ2n) is 8.14. The minimum absolute atomic E-state index is 0.131. The quantitative estimate of drug-likeness (QED) is 0.368. The van der Waals surface area contributed by atoms with Crippen LogP contribution < -0.4 is 15.5 Å². The molecule has 1 aromatic carbocycles. The topological polar surface area (TPSA) is 88.0 Å². The van der Waals surface area contributed by atoms with Gasteiger partial charge in [-0.15, -0.1) is 0 Å². The molecule has 35 heavy (non-hydrogen) atoms. The van der Waals surface area contributed by atoms with Crippen molar-refractivity contribution in [2.75, 3.05) is 31.1 Å². The number of carbonyl (C=O) groups excluding carboxylic acids is 1. The molecule has 0 radical (unpaired) electrons. The van der Waals surface area contributed by atoms with Crippen molar-refractivity contribution in [1.29, 1.82) is 0 Å². The third kappa shape index (κ3) is 4.54. The van der Waals surface area contributed by atoms with Crippen molar-refractivity contribution in [3.63, 3.8) is 0 Å². The monoisotopic (exact) mass is 513 g/mol. The Morgan fingerprint density at radius 3 is 2.74 bits per heavy atom. The Labute approximate surface area is 211 Å². The van der Waals surface area contributed by atoms with E-state index in [1.54, 1.807) is 43.6 Å². The molecule has 4 aromatic rings. The van der Waals surface area contributed by atoms with Gasteiger partial charge in [-0.25, -0.2) is 9.37 Å². The Hall–Kier alpha value is -3.27. The van der Waals surface area contributed by atoms with Gasteiger partial charge in [-0.05, 0) is 49.4 Å². The minimum Gasteiger partial charge on any atom is -0.351 e. The van der Waals surface area contributed by atoms with E-state index in [9.17, 15) is 4.79 Å². The van der Waals surface area contributed by atoms with Gasteiger partial charge in [-0.2, -0.15) is 5.10 Å². The van der Waals surface area contributed by atoms with Gasteiger partial charge < -0.3 is 15.5 Å². The van der Waals surface area contributed by atoms with E-state index in [2.05, 4.69) is 20.7 Å². The predicted molar refractivity (Wildman–Crippen MR) is 135 cm³/mol. The Morgan fingerprint density at radius 1 is 1.03 bits per heavy atom. The van der Waals surface area contributed by atoms with Crippen LogP contribution in [0.25, 0.3) is 22.4 Å². The first kappa shape index (κ1) is 23.5. The molecule has 1 aliphatic rings. The molecule has 1 amide bonds. The zero-order chi connectivity index (χ0) is 24.5. The number of benzene rings is 1. The number of nitrogens with one attached hydrogen (secondary N) is 2. The smallest absolute Gasteiger partial charge is 0.269 e. The van der Waals surface area contributed by atoms with Gasteiger partial charge in [0.1, 0.15) is 16.9 Å². The van der Waals surface area contributed by atoms with Crippen molar-refractivity contribution in [3.05, 3.63) is 64.2 Å². The van der Waals surface area contributed by atoms with E-state index in [-0.39, 0.29) is 21.6 Å². The summed E-state index contributed by atoms with van der Waals surface area (Å²) in [6.07, 6.45) is 2.40. The number of anilines is 2. The summed E-state index contributed by atoms with van der Waals surface area (Å²) in [7, 11) is 1.72. The number of pyridine rings is 2. The zero-order valence-corrected chi connectivity index (χ0v) is 20.4. The van der Waals surface area contributed by atoms with Crippen molar-refractivity contribution in [2.45, 2.75) is 6.42 Å². The summed E-state index contributed by atoms with van der Waals surface area (Å²) < 4.78 is 16.8. The first-order valence-corrected chi connectivity index (χ1v) is 11.9. The van der Waals surface area contributed by atoms with E-state index in [0.29, 0.717) is 60.0 Å². The summed E-state index contributed by atoms with van der Waals surface area (Å²) in [5.74, 6) is -0.797. The molecule has 180 valence electrons. The van der Waals surface area contributed by atoms with Gasteiger partial charge in [-0.3, -0.25) is 14.5 Å². The van der Waals surface area contributed by atoms with Gasteiger partial charge in [0.15, 0.2) is 5.82 Å². The fourth-order valence-electron chi connectivity index (χ4n) is 4.09. The van der Waals surface area contributed by atoms with Crippen LogP contribution >= 0.6 is 23.2 Å². The van der Waals surface area contributed by atoms with Crippen LogP contribution in [0.2, 0.25) is 10.0 Å². The van der Waals surface area contributed by atoms with E-state index in [4.69, 9.17) is 28.2 Å². The third-order valence-corrected chi connectivity index (χ3v) is 6.64. The number of hydrogen-bond acceptors (Lipinski definition) is 6. The van der Waals surface area contributed by atoms with Gasteiger partial charge >= 0.3 is 0 Å². The number of carbonyl (C=O) groups is 1. The number of fused-ring (bicyclic) bond motifs is 4. The molecule has 4 heterocycles. The van der Waals surface area contributed by atoms with Gasteiger partial charge in [0, 0.05) is 32.9 Å². The first-order valence-electron chi connectivity index (χ1n) is 11.1. The highest BCUT2D eigenvalue weighted by Crippen LogP contribution is 2.37. The zero-order valence-electron chi connectivity index (χ0n) is 18.9. The molecule has 0 saturated heterocycles. The van der Waals surface area contributed by atoms with Crippen molar-refractivity contribution < 1.29 is 9.18 Å². The van der Waals surface area contributed by atoms with Gasteiger partial charge in [0.25, 0.3) is 5.91 Å². The highest BCUT2D eigenvalue weighted by Gasteiger charge is 2.22. The molecule has 3 aromatic heterocycles. The van der Waals surface area contributed by atoms with Crippen LogP contribution in [0.5, 0.6) is 0 Å². The fourth-order valence-corrected chi connectivity index (χ4v) is 4.40. The summed E-state index contributed by atoms with van der Waals surface area (Å²) in [5, 5.41) is 10.8. The van der Waals surface area contributed by atoms with E-state index < -0.39 is 5.82 Å². The lowest BCUT2D eigenvalue weighted by Crippen LogP contribution is -2.32. The van der Waals surface area contributed by atoms with Crippen molar-refractivity contribution in [2.24, 2.45) is 7.05 Å². The number of hydrogen-bond donors (Lipinski definition) is 2. The standard InChI is InChI=1S/C24H22Cl2FN7O/c1-33-20-13-17(32-33)15-4-5-16-23(31-15)19(7-10-29-16)34(12-11-28-8-2-9-30-24(20)35)18-6-3-14(25)21(26)22(18)27/h3-7,10,13,28H,2,8-9,11-12H2,1H3,(H,30,35). The lowest BCUT2D eigenvalue weighted by Gasteiger charge is -2.27. The van der Waals surface area contributed by atoms with Crippen LogP contribution in [0.4, 0.5) is 15.8 Å². The van der Waals surface area contributed by atoms with E-state index in [0.717, 1.165) is 6.42 Å². The Morgan fingerprint density at radius 2 is 1.89 bits per heavy atom. The van der Waals surface area contributed by atoms with Crippen LogP contribution in [-0.4, -0.2) is 51.8 Å². The molecule has 1 aliphatic heterocycles. The predicted octanol–water partition coefficient (Wildman–Crippen LogP) is 4.34. The number of aromatic nitrogens is 4. The largest absolute Gasteiger partial charge is 0.351 e. The lowest BCUT2D eigenvalue weighted by atomic mass is 10.1. The number of halogens is 3. The molecule has 0 fully saturated rings. The molecule has 0 atom stereocenters. The van der Waals surface area contributed by atoms with Crippen LogP contribution in [0, 0.1) is 5.82 Å². The number of amides is 1. The fraction of sp³-hybridized carbons (Fsp3) is 0.250. The Kier molecular flexibility index (Phi) is 6.55. The van der Waals surface area contributed by atoms with Crippen LogP contribution in [0.3, 0.4) is 0 Å². The van der Waals surface area contributed by atoms with Gasteiger partial charge in [-0.1, -0.05) is 23.2 Å². The number of nitrogens with zero attached hydrogens (tertiary/aromatic N) is 5. The van der Waals surface area contributed by atoms with Crippen LogP contribution in [0.15, 0.2) is 42.6 Å². The van der Waals surface area contributed by atoms with Crippen LogP contribution in [-0.2, 0) is 7.05 Å². The normalized spacial score (nSPS) is 15.0. The van der Waals surface area contributed by atoms with Crippen molar-refractivity contribution >= 4 is 51.5 Å². The molecule has 0 spiro atoms. The average molecular weight is 514 g/mol. The van der Waals surface area contributed by atoms with Crippen molar-refractivity contribution in [3.8, 4) is 11.4 Å².